The number of rotatable bonds is 5. The van der Waals surface area contributed by atoms with E-state index in [1.54, 1.807) is 24.3 Å². The minimum atomic E-state index is -0.863. The number of hydrogen-bond acceptors (Lipinski definition) is 8. The first-order valence-corrected chi connectivity index (χ1v) is 6.22. The molecule has 1 aromatic carbocycles. The molecule has 1 unspecified atom stereocenters. The van der Waals surface area contributed by atoms with Crippen molar-refractivity contribution in [1.82, 2.24) is 5.06 Å². The number of nitro groups is 1. The van der Waals surface area contributed by atoms with Gasteiger partial charge in [-0.3, -0.25) is 4.90 Å². The zero-order valence-corrected chi connectivity index (χ0v) is 12.3. The van der Waals surface area contributed by atoms with Crippen molar-refractivity contribution in [3.63, 3.8) is 0 Å². The first-order valence-electron chi connectivity index (χ1n) is 6.22. The van der Waals surface area contributed by atoms with Crippen LogP contribution >= 0.6 is 0 Å². The number of benzene rings is 1. The fourth-order valence-corrected chi connectivity index (χ4v) is 2.11. The summed E-state index contributed by atoms with van der Waals surface area (Å²) in [6.45, 7) is 0. The molecule has 1 aromatic rings. The van der Waals surface area contributed by atoms with Crippen molar-refractivity contribution in [3.05, 3.63) is 52.0 Å². The molecule has 0 fully saturated rings. The van der Waals surface area contributed by atoms with Crippen LogP contribution < -0.4 is 4.90 Å². The molecular weight excluding hydrogens is 294 g/mol. The van der Waals surface area contributed by atoms with Crippen LogP contribution in [0.5, 0.6) is 0 Å². The summed E-state index contributed by atoms with van der Waals surface area (Å²) in [6, 6.07) is 6.46. The molecule has 0 radical (unpaired) electrons. The van der Waals surface area contributed by atoms with Crippen LogP contribution in [0.15, 0.2) is 36.3 Å². The van der Waals surface area contributed by atoms with E-state index in [1.165, 1.54) is 32.4 Å². The maximum Gasteiger partial charge on any atom is 0.369 e. The molecule has 0 N–H and O–H groups in total. The lowest BCUT2D eigenvalue weighted by molar-refractivity contribution is -0.471. The van der Waals surface area contributed by atoms with Crippen LogP contribution in [-0.4, -0.2) is 43.6 Å². The molecule has 0 amide bonds. The van der Waals surface area contributed by atoms with Gasteiger partial charge in [0.2, 0.25) is 0 Å². The van der Waals surface area contributed by atoms with Crippen molar-refractivity contribution in [1.29, 1.82) is 0 Å². The first-order chi connectivity index (χ1) is 10.5. The van der Waals surface area contributed by atoms with Crippen molar-refractivity contribution in [2.75, 3.05) is 26.2 Å². The van der Waals surface area contributed by atoms with E-state index >= 15 is 0 Å². The molecule has 1 aliphatic heterocycles. The topological polar surface area (TPSA) is 94.4 Å². The molecule has 118 valence electrons. The molecule has 9 heteroatoms. The van der Waals surface area contributed by atoms with E-state index < -0.39 is 17.2 Å². The predicted octanol–water partition coefficient (Wildman–Crippen LogP) is 1.16. The number of ether oxygens (including phenoxy) is 2. The molecular formula is C13H15N3O6. The molecule has 22 heavy (non-hydrogen) atoms. The summed E-state index contributed by atoms with van der Waals surface area (Å²) in [5.74, 6) is -0.782. The summed E-state index contributed by atoms with van der Waals surface area (Å²) in [6.07, 6.45) is 0.409. The number of nitrogens with zero attached hydrogens (tertiary/aromatic N) is 3. The average Bonchev–Trinajstić information content (AvgIpc) is 2.92. The third-order valence-electron chi connectivity index (χ3n) is 3.08. The third-order valence-corrected chi connectivity index (χ3v) is 3.08. The molecule has 1 heterocycles. The maximum absolute atomic E-state index is 11.6. The van der Waals surface area contributed by atoms with Gasteiger partial charge in [-0.25, -0.2) is 4.79 Å². The SMILES string of the molecule is COC(=O)c1cccc(N2C=C([N+](=O)[O-])N(OC)C2OC)c1. The Balaban J connectivity index is 2.42. The Labute approximate surface area is 126 Å². The van der Waals surface area contributed by atoms with E-state index in [0.29, 0.717) is 11.3 Å². The van der Waals surface area contributed by atoms with Gasteiger partial charge in [-0.05, 0) is 23.1 Å². The number of carbonyl (C=O) groups excluding carboxylic acids is 1. The van der Waals surface area contributed by atoms with Crippen LogP contribution in [0, 0.1) is 10.1 Å². The summed E-state index contributed by atoms with van der Waals surface area (Å²) < 4.78 is 9.90. The lowest BCUT2D eigenvalue weighted by Crippen LogP contribution is -2.41. The highest BCUT2D eigenvalue weighted by atomic mass is 16.7. The van der Waals surface area contributed by atoms with Crippen molar-refractivity contribution in [2.45, 2.75) is 6.35 Å². The monoisotopic (exact) mass is 309 g/mol. The van der Waals surface area contributed by atoms with Crippen LogP contribution in [0.3, 0.4) is 0 Å². The van der Waals surface area contributed by atoms with E-state index in [4.69, 9.17) is 9.57 Å². The standard InChI is InChI=1S/C13H15N3O6/c1-20-12(17)9-5-4-6-10(7-9)14-8-11(16(18)19)15(22-3)13(14)21-2/h4-8,13H,1-3H3. The average molecular weight is 309 g/mol. The smallest absolute Gasteiger partial charge is 0.369 e. The van der Waals surface area contributed by atoms with Gasteiger partial charge in [-0.2, -0.15) is 4.84 Å². The molecule has 0 bridgehead atoms. The molecule has 1 atom stereocenters. The van der Waals surface area contributed by atoms with Crippen molar-refractivity contribution < 1.29 is 24.0 Å². The Morgan fingerprint density at radius 1 is 1.32 bits per heavy atom. The molecule has 1 aliphatic rings. The summed E-state index contributed by atoms with van der Waals surface area (Å²) in [4.78, 5) is 28.6. The van der Waals surface area contributed by atoms with Gasteiger partial charge in [-0.1, -0.05) is 11.1 Å². The van der Waals surface area contributed by atoms with Gasteiger partial charge in [0, 0.05) is 12.8 Å². The number of methoxy groups -OCH3 is 2. The Hall–Kier alpha value is -2.65. The van der Waals surface area contributed by atoms with Gasteiger partial charge in [-0.15, -0.1) is 0 Å². The second kappa shape index (κ2) is 6.41. The van der Waals surface area contributed by atoms with Gasteiger partial charge in [0.05, 0.1) is 19.8 Å². The highest BCUT2D eigenvalue weighted by Crippen LogP contribution is 2.30. The Morgan fingerprint density at radius 3 is 2.59 bits per heavy atom. The molecule has 0 aromatic heterocycles. The maximum atomic E-state index is 11.6. The van der Waals surface area contributed by atoms with E-state index in [9.17, 15) is 14.9 Å². The second-order valence-corrected chi connectivity index (χ2v) is 4.26. The summed E-state index contributed by atoms with van der Waals surface area (Å²) in [5, 5.41) is 12.1. The van der Waals surface area contributed by atoms with E-state index in [1.807, 2.05) is 0 Å². The molecule has 9 nitrogen and oxygen atoms in total. The zero-order valence-electron chi connectivity index (χ0n) is 12.3. The van der Waals surface area contributed by atoms with E-state index in [2.05, 4.69) is 4.74 Å². The number of esters is 1. The Morgan fingerprint density at radius 2 is 2.05 bits per heavy atom. The van der Waals surface area contributed by atoms with Gasteiger partial charge in [0.25, 0.3) is 0 Å². The predicted molar refractivity (Wildman–Crippen MR) is 75.0 cm³/mol. The second-order valence-electron chi connectivity index (χ2n) is 4.26. The van der Waals surface area contributed by atoms with Crippen molar-refractivity contribution in [3.8, 4) is 0 Å². The fraction of sp³-hybridized carbons (Fsp3) is 0.308. The molecule has 0 spiro atoms. The van der Waals surface area contributed by atoms with Gasteiger partial charge < -0.3 is 19.6 Å². The van der Waals surface area contributed by atoms with E-state index in [-0.39, 0.29) is 5.82 Å². The molecule has 0 saturated carbocycles. The number of carbonyl (C=O) groups is 1. The minimum absolute atomic E-state index is 0.280. The zero-order chi connectivity index (χ0) is 16.3. The Kier molecular flexibility index (Phi) is 4.59. The summed E-state index contributed by atoms with van der Waals surface area (Å²) >= 11 is 0. The fourth-order valence-electron chi connectivity index (χ4n) is 2.11. The van der Waals surface area contributed by atoms with Gasteiger partial charge in [0.15, 0.2) is 0 Å². The molecule has 2 rings (SSSR count). The number of hydroxylamine groups is 2. The third kappa shape index (κ3) is 2.71. The number of hydrogen-bond donors (Lipinski definition) is 0. The van der Waals surface area contributed by atoms with Crippen LogP contribution in [0.4, 0.5) is 5.69 Å². The Bertz CT molecular complexity index is 618. The van der Waals surface area contributed by atoms with Crippen LogP contribution in [0.2, 0.25) is 0 Å². The van der Waals surface area contributed by atoms with Crippen molar-refractivity contribution in [2.24, 2.45) is 0 Å². The largest absolute Gasteiger partial charge is 0.465 e. The van der Waals surface area contributed by atoms with E-state index in [0.717, 1.165) is 5.06 Å². The summed E-state index contributed by atoms with van der Waals surface area (Å²) in [5.41, 5.74) is 0.843. The molecule has 0 aliphatic carbocycles. The van der Waals surface area contributed by atoms with Gasteiger partial charge >= 0.3 is 18.1 Å². The number of anilines is 1. The quantitative estimate of drug-likeness (QED) is 0.454. The van der Waals surface area contributed by atoms with Crippen LogP contribution in [0.1, 0.15) is 10.4 Å². The minimum Gasteiger partial charge on any atom is -0.465 e. The first kappa shape index (κ1) is 15.7. The lowest BCUT2D eigenvalue weighted by Gasteiger charge is -2.24. The highest BCUT2D eigenvalue weighted by molar-refractivity contribution is 5.90. The lowest BCUT2D eigenvalue weighted by atomic mass is 10.2. The summed E-state index contributed by atoms with van der Waals surface area (Å²) in [7, 11) is 3.97. The highest BCUT2D eigenvalue weighted by Gasteiger charge is 2.43. The molecule has 0 saturated heterocycles. The van der Waals surface area contributed by atoms with Crippen LogP contribution in [-0.2, 0) is 14.3 Å². The normalized spacial score (nSPS) is 17.4. The van der Waals surface area contributed by atoms with Crippen LogP contribution in [0.25, 0.3) is 0 Å². The van der Waals surface area contributed by atoms with Crippen molar-refractivity contribution >= 4 is 11.7 Å². The van der Waals surface area contributed by atoms with Gasteiger partial charge in [0.1, 0.15) is 6.20 Å².